The molecule has 0 radical (unpaired) electrons. The van der Waals surface area contributed by atoms with Crippen LogP contribution in [0.3, 0.4) is 0 Å². The van der Waals surface area contributed by atoms with Crippen molar-refractivity contribution in [2.24, 2.45) is 7.05 Å². The van der Waals surface area contributed by atoms with Crippen LogP contribution >= 0.6 is 0 Å². The van der Waals surface area contributed by atoms with Gasteiger partial charge in [0.2, 0.25) is 5.95 Å². The largest absolute Gasteiger partial charge is 0.467 e. The van der Waals surface area contributed by atoms with Crippen molar-refractivity contribution in [3.63, 3.8) is 0 Å². The molecule has 0 aliphatic carbocycles. The maximum Gasteiger partial charge on any atom is 0.324 e. The van der Waals surface area contributed by atoms with Gasteiger partial charge >= 0.3 is 12.0 Å². The standard InChI is InChI=1S/C16H23N7O3/c1-10-8-12(22(2)21-10)13(24)17-11-6-5-7-23(9-11)14-18-15(25-3)20-16(19-14)26-4/h8,11H,5-7,9H2,1-4H3,(H,17,24). The number of nitrogens with zero attached hydrogens (tertiary/aromatic N) is 6. The van der Waals surface area contributed by atoms with E-state index in [4.69, 9.17) is 9.47 Å². The van der Waals surface area contributed by atoms with Crippen LogP contribution in [0.5, 0.6) is 12.0 Å². The first-order valence-corrected chi connectivity index (χ1v) is 8.40. The first kappa shape index (κ1) is 17.9. The van der Waals surface area contributed by atoms with E-state index in [0.29, 0.717) is 18.2 Å². The van der Waals surface area contributed by atoms with Gasteiger partial charge in [0, 0.05) is 26.2 Å². The lowest BCUT2D eigenvalue weighted by Crippen LogP contribution is -2.48. The molecule has 26 heavy (non-hydrogen) atoms. The van der Waals surface area contributed by atoms with E-state index in [1.807, 2.05) is 11.8 Å². The van der Waals surface area contributed by atoms with Crippen molar-refractivity contribution in [2.45, 2.75) is 25.8 Å². The van der Waals surface area contributed by atoms with Crippen molar-refractivity contribution in [1.82, 2.24) is 30.0 Å². The fourth-order valence-electron chi connectivity index (χ4n) is 3.01. The highest BCUT2D eigenvalue weighted by Gasteiger charge is 2.25. The summed E-state index contributed by atoms with van der Waals surface area (Å²) in [4.78, 5) is 27.1. The second-order valence-electron chi connectivity index (χ2n) is 6.16. The number of amides is 1. The van der Waals surface area contributed by atoms with Gasteiger partial charge in [0.15, 0.2) is 0 Å². The molecular formula is C16H23N7O3. The summed E-state index contributed by atoms with van der Waals surface area (Å²) in [5.41, 5.74) is 1.36. The number of carbonyl (C=O) groups excluding carboxylic acids is 1. The monoisotopic (exact) mass is 361 g/mol. The predicted octanol–water partition coefficient (Wildman–Crippen LogP) is 0.330. The fraction of sp³-hybridized carbons (Fsp3) is 0.562. The molecule has 2 aromatic rings. The van der Waals surface area contributed by atoms with Crippen LogP contribution in [-0.4, -0.2) is 64.0 Å². The Kier molecular flexibility index (Phi) is 5.19. The fourth-order valence-corrected chi connectivity index (χ4v) is 3.01. The number of carbonyl (C=O) groups is 1. The summed E-state index contributed by atoms with van der Waals surface area (Å²) >= 11 is 0. The summed E-state index contributed by atoms with van der Waals surface area (Å²) in [5, 5.41) is 7.29. The first-order valence-electron chi connectivity index (χ1n) is 8.40. The van der Waals surface area contributed by atoms with E-state index < -0.39 is 0 Å². The molecule has 1 amide bonds. The molecule has 1 unspecified atom stereocenters. The quantitative estimate of drug-likeness (QED) is 0.812. The smallest absolute Gasteiger partial charge is 0.324 e. The van der Waals surface area contributed by atoms with Gasteiger partial charge in [-0.15, -0.1) is 4.98 Å². The summed E-state index contributed by atoms with van der Waals surface area (Å²) in [6, 6.07) is 2.16. The molecular weight excluding hydrogens is 338 g/mol. The molecule has 3 rings (SSSR count). The lowest BCUT2D eigenvalue weighted by atomic mass is 10.1. The highest BCUT2D eigenvalue weighted by molar-refractivity contribution is 5.92. The summed E-state index contributed by atoms with van der Waals surface area (Å²) in [5.74, 6) is 0.342. The number of ether oxygens (including phenoxy) is 2. The van der Waals surface area contributed by atoms with E-state index in [1.54, 1.807) is 17.8 Å². The lowest BCUT2D eigenvalue weighted by molar-refractivity contribution is 0.0923. The molecule has 1 atom stereocenters. The maximum absolute atomic E-state index is 12.5. The molecule has 0 saturated carbocycles. The Labute approximate surface area is 151 Å². The van der Waals surface area contributed by atoms with Gasteiger partial charge in [0.25, 0.3) is 5.91 Å². The van der Waals surface area contributed by atoms with E-state index in [2.05, 4.69) is 25.4 Å². The Morgan fingerprint density at radius 1 is 1.23 bits per heavy atom. The molecule has 0 spiro atoms. The van der Waals surface area contributed by atoms with Gasteiger partial charge in [0.1, 0.15) is 5.69 Å². The second kappa shape index (κ2) is 7.54. The Bertz CT molecular complexity index is 770. The zero-order chi connectivity index (χ0) is 18.7. The van der Waals surface area contributed by atoms with E-state index >= 15 is 0 Å². The van der Waals surface area contributed by atoms with Gasteiger partial charge < -0.3 is 19.7 Å². The first-order chi connectivity index (χ1) is 12.5. The molecule has 10 nitrogen and oxygen atoms in total. The maximum atomic E-state index is 12.5. The Morgan fingerprint density at radius 2 is 1.92 bits per heavy atom. The molecule has 140 valence electrons. The third-order valence-corrected chi connectivity index (χ3v) is 4.22. The molecule has 0 aromatic carbocycles. The van der Waals surface area contributed by atoms with Gasteiger partial charge in [-0.3, -0.25) is 9.48 Å². The van der Waals surface area contributed by atoms with Crippen LogP contribution in [0.2, 0.25) is 0 Å². The Morgan fingerprint density at radius 3 is 2.50 bits per heavy atom. The van der Waals surface area contributed by atoms with Crippen molar-refractivity contribution in [3.8, 4) is 12.0 Å². The van der Waals surface area contributed by atoms with Crippen molar-refractivity contribution in [2.75, 3.05) is 32.2 Å². The third kappa shape index (κ3) is 3.84. The molecule has 1 fully saturated rings. The van der Waals surface area contributed by atoms with Crippen molar-refractivity contribution in [3.05, 3.63) is 17.5 Å². The molecule has 2 aromatic heterocycles. The molecule has 10 heteroatoms. The van der Waals surface area contributed by atoms with E-state index in [0.717, 1.165) is 25.1 Å². The number of aromatic nitrogens is 5. The van der Waals surface area contributed by atoms with Crippen molar-refractivity contribution < 1.29 is 14.3 Å². The molecule has 1 N–H and O–H groups in total. The molecule has 1 saturated heterocycles. The van der Waals surface area contributed by atoms with Crippen LogP contribution in [-0.2, 0) is 7.05 Å². The number of methoxy groups -OCH3 is 2. The van der Waals surface area contributed by atoms with Crippen LogP contribution < -0.4 is 19.7 Å². The number of hydrogen-bond donors (Lipinski definition) is 1. The Balaban J connectivity index is 1.71. The number of hydrogen-bond acceptors (Lipinski definition) is 8. The molecule has 1 aliphatic rings. The van der Waals surface area contributed by atoms with Crippen LogP contribution in [0.1, 0.15) is 29.0 Å². The van der Waals surface area contributed by atoms with Crippen LogP contribution in [0.4, 0.5) is 5.95 Å². The lowest BCUT2D eigenvalue weighted by Gasteiger charge is -2.33. The summed E-state index contributed by atoms with van der Waals surface area (Å²) in [6.45, 7) is 3.24. The van der Waals surface area contributed by atoms with Gasteiger partial charge in [-0.1, -0.05) is 0 Å². The topological polar surface area (TPSA) is 107 Å². The van der Waals surface area contributed by atoms with E-state index in [-0.39, 0.29) is 24.0 Å². The third-order valence-electron chi connectivity index (χ3n) is 4.22. The number of aryl methyl sites for hydroxylation is 2. The molecule has 3 heterocycles. The average Bonchev–Trinajstić information content (AvgIpc) is 2.99. The normalized spacial score (nSPS) is 17.1. The number of rotatable bonds is 5. The van der Waals surface area contributed by atoms with E-state index in [1.165, 1.54) is 14.2 Å². The summed E-state index contributed by atoms with van der Waals surface area (Å²) in [6.07, 6.45) is 1.80. The number of piperidine rings is 1. The zero-order valence-corrected chi connectivity index (χ0v) is 15.4. The molecule has 0 bridgehead atoms. The second-order valence-corrected chi connectivity index (χ2v) is 6.16. The predicted molar refractivity (Wildman–Crippen MR) is 93.6 cm³/mol. The van der Waals surface area contributed by atoms with Crippen molar-refractivity contribution >= 4 is 11.9 Å². The number of anilines is 1. The SMILES string of the molecule is COc1nc(OC)nc(N2CCCC(NC(=O)c3cc(C)nn3C)C2)n1. The minimum absolute atomic E-state index is 0.0137. The molecule has 1 aliphatic heterocycles. The summed E-state index contributed by atoms with van der Waals surface area (Å²) < 4.78 is 11.8. The van der Waals surface area contributed by atoms with Gasteiger partial charge in [-0.2, -0.15) is 15.1 Å². The zero-order valence-electron chi connectivity index (χ0n) is 15.4. The Hall–Kier alpha value is -2.91. The highest BCUT2D eigenvalue weighted by atomic mass is 16.5. The van der Waals surface area contributed by atoms with Crippen molar-refractivity contribution in [1.29, 1.82) is 0 Å². The van der Waals surface area contributed by atoms with Crippen LogP contribution in [0.15, 0.2) is 6.07 Å². The average molecular weight is 361 g/mol. The van der Waals surface area contributed by atoms with Gasteiger partial charge in [-0.25, -0.2) is 0 Å². The van der Waals surface area contributed by atoms with Crippen LogP contribution in [0.25, 0.3) is 0 Å². The minimum atomic E-state index is -0.134. The summed E-state index contributed by atoms with van der Waals surface area (Å²) in [7, 11) is 4.75. The number of nitrogens with one attached hydrogen (secondary N) is 1. The van der Waals surface area contributed by atoms with Gasteiger partial charge in [-0.05, 0) is 25.8 Å². The van der Waals surface area contributed by atoms with E-state index in [9.17, 15) is 4.79 Å². The highest BCUT2D eigenvalue weighted by Crippen LogP contribution is 2.20. The minimum Gasteiger partial charge on any atom is -0.467 e. The van der Waals surface area contributed by atoms with Gasteiger partial charge in [0.05, 0.1) is 19.9 Å². The van der Waals surface area contributed by atoms with Crippen LogP contribution in [0, 0.1) is 6.92 Å².